The summed E-state index contributed by atoms with van der Waals surface area (Å²) in [7, 11) is 1.56. The number of methoxy groups -OCH3 is 1. The second-order valence-electron chi connectivity index (χ2n) is 5.62. The molecule has 28 heavy (non-hydrogen) atoms. The summed E-state index contributed by atoms with van der Waals surface area (Å²) in [6.07, 6.45) is 0. The molecular weight excluding hydrogens is 362 g/mol. The maximum atomic E-state index is 12.3. The molecule has 0 bridgehead atoms. The van der Waals surface area contributed by atoms with E-state index in [0.29, 0.717) is 41.6 Å². The van der Waals surface area contributed by atoms with Gasteiger partial charge in [0.2, 0.25) is 5.89 Å². The predicted molar refractivity (Wildman–Crippen MR) is 103 cm³/mol. The van der Waals surface area contributed by atoms with Crippen LogP contribution in [0.2, 0.25) is 0 Å². The maximum Gasteiger partial charge on any atom is 0.322 e. The molecule has 8 heteroatoms. The van der Waals surface area contributed by atoms with E-state index in [-0.39, 0.29) is 17.8 Å². The zero-order valence-corrected chi connectivity index (χ0v) is 15.9. The van der Waals surface area contributed by atoms with Gasteiger partial charge in [0.05, 0.1) is 20.3 Å². The number of hydrogen-bond acceptors (Lipinski definition) is 7. The van der Waals surface area contributed by atoms with E-state index in [1.165, 1.54) is 0 Å². The van der Waals surface area contributed by atoms with Crippen LogP contribution in [0.5, 0.6) is 17.2 Å². The minimum atomic E-state index is -0.362. The van der Waals surface area contributed by atoms with Gasteiger partial charge in [-0.15, -0.1) is 5.10 Å². The van der Waals surface area contributed by atoms with Crippen molar-refractivity contribution in [3.8, 4) is 28.7 Å². The van der Waals surface area contributed by atoms with Crippen molar-refractivity contribution in [2.45, 2.75) is 13.8 Å². The molecule has 0 aliphatic carbocycles. The Labute approximate surface area is 162 Å². The highest BCUT2D eigenvalue weighted by molar-refractivity contribution is 6.03. The molecule has 0 saturated carbocycles. The molecule has 0 spiro atoms. The number of aromatic nitrogens is 2. The minimum absolute atomic E-state index is 0.00247. The van der Waals surface area contributed by atoms with Gasteiger partial charge in [-0.25, -0.2) is 0 Å². The first kappa shape index (κ1) is 19.2. The topological polar surface area (TPSA) is 95.7 Å². The number of ether oxygens (including phenoxy) is 3. The Morgan fingerprint density at radius 3 is 2.39 bits per heavy atom. The van der Waals surface area contributed by atoms with Gasteiger partial charge in [-0.2, -0.15) is 0 Å². The molecule has 1 N–H and O–H groups in total. The first-order chi connectivity index (χ1) is 13.6. The number of carbonyl (C=O) groups is 1. The second kappa shape index (κ2) is 8.90. The number of rotatable bonds is 8. The molecule has 0 atom stereocenters. The van der Waals surface area contributed by atoms with Crippen molar-refractivity contribution in [2.24, 2.45) is 0 Å². The summed E-state index contributed by atoms with van der Waals surface area (Å²) in [4.78, 5) is 12.3. The monoisotopic (exact) mass is 383 g/mol. The van der Waals surface area contributed by atoms with Crippen molar-refractivity contribution >= 4 is 11.9 Å². The fraction of sp³-hybridized carbons (Fsp3) is 0.250. The lowest BCUT2D eigenvalue weighted by Crippen LogP contribution is -2.11. The van der Waals surface area contributed by atoms with Crippen LogP contribution in [-0.2, 0) is 0 Å². The third-order valence-corrected chi connectivity index (χ3v) is 3.79. The average molecular weight is 383 g/mol. The van der Waals surface area contributed by atoms with E-state index in [1.807, 2.05) is 13.8 Å². The largest absolute Gasteiger partial charge is 0.497 e. The first-order valence-corrected chi connectivity index (χ1v) is 8.83. The summed E-state index contributed by atoms with van der Waals surface area (Å²) in [6, 6.07) is 12.0. The minimum Gasteiger partial charge on any atom is -0.497 e. The number of benzene rings is 2. The van der Waals surface area contributed by atoms with E-state index in [4.69, 9.17) is 18.6 Å². The van der Waals surface area contributed by atoms with Crippen LogP contribution >= 0.6 is 0 Å². The van der Waals surface area contributed by atoms with Gasteiger partial charge >= 0.3 is 6.01 Å². The van der Waals surface area contributed by atoms with Crippen molar-refractivity contribution in [3.63, 3.8) is 0 Å². The third kappa shape index (κ3) is 4.40. The van der Waals surface area contributed by atoms with Gasteiger partial charge in [0, 0.05) is 11.1 Å². The molecule has 3 rings (SSSR count). The quantitative estimate of drug-likeness (QED) is 0.632. The van der Waals surface area contributed by atoms with Gasteiger partial charge in [-0.3, -0.25) is 10.1 Å². The molecule has 0 aliphatic heterocycles. The van der Waals surface area contributed by atoms with Crippen LogP contribution in [0.25, 0.3) is 11.5 Å². The number of nitrogens with zero attached hydrogens (tertiary/aromatic N) is 2. The summed E-state index contributed by atoms with van der Waals surface area (Å²) in [5.74, 6) is 1.79. The molecule has 0 unspecified atom stereocenters. The van der Waals surface area contributed by atoms with Crippen LogP contribution in [0.1, 0.15) is 24.2 Å². The molecule has 0 aliphatic rings. The number of hydrogen-bond donors (Lipinski definition) is 1. The normalized spacial score (nSPS) is 10.4. The van der Waals surface area contributed by atoms with Crippen molar-refractivity contribution < 1.29 is 23.4 Å². The highest BCUT2D eigenvalue weighted by Crippen LogP contribution is 2.32. The Morgan fingerprint density at radius 1 is 1.00 bits per heavy atom. The molecular formula is C20H21N3O5. The van der Waals surface area contributed by atoms with Crippen molar-refractivity contribution in [1.29, 1.82) is 0 Å². The summed E-state index contributed by atoms with van der Waals surface area (Å²) >= 11 is 0. The van der Waals surface area contributed by atoms with E-state index in [9.17, 15) is 4.79 Å². The standard InChI is InChI=1S/C20H21N3O5/c1-4-26-16-11-8-14(12-17(16)27-5-2)19-22-23-20(28-19)21-18(24)13-6-9-15(25-3)10-7-13/h6-12H,4-5H2,1-3H3,(H,21,23,24). The molecule has 1 aromatic heterocycles. The van der Waals surface area contributed by atoms with Gasteiger partial charge in [0.1, 0.15) is 5.75 Å². The summed E-state index contributed by atoms with van der Waals surface area (Å²) in [5.41, 5.74) is 1.10. The maximum absolute atomic E-state index is 12.3. The molecule has 0 saturated heterocycles. The van der Waals surface area contributed by atoms with Crippen molar-refractivity contribution in [1.82, 2.24) is 10.2 Å². The van der Waals surface area contributed by atoms with Crippen LogP contribution in [0, 0.1) is 0 Å². The Bertz CT molecular complexity index is 937. The third-order valence-electron chi connectivity index (χ3n) is 3.79. The zero-order chi connectivity index (χ0) is 19.9. The molecule has 3 aromatic rings. The smallest absolute Gasteiger partial charge is 0.322 e. The van der Waals surface area contributed by atoms with Gasteiger partial charge in [0.15, 0.2) is 11.5 Å². The molecule has 1 heterocycles. The van der Waals surface area contributed by atoms with E-state index in [1.54, 1.807) is 49.6 Å². The Morgan fingerprint density at radius 2 is 1.71 bits per heavy atom. The molecule has 8 nitrogen and oxygen atoms in total. The lowest BCUT2D eigenvalue weighted by atomic mass is 10.2. The Kier molecular flexibility index (Phi) is 6.11. The summed E-state index contributed by atoms with van der Waals surface area (Å²) in [5, 5.41) is 10.5. The molecule has 2 aromatic carbocycles. The predicted octanol–water partition coefficient (Wildman–Crippen LogP) is 3.79. The number of carbonyl (C=O) groups excluding carboxylic acids is 1. The Balaban J connectivity index is 1.75. The second-order valence-corrected chi connectivity index (χ2v) is 5.62. The lowest BCUT2D eigenvalue weighted by Gasteiger charge is -2.11. The highest BCUT2D eigenvalue weighted by Gasteiger charge is 2.15. The van der Waals surface area contributed by atoms with E-state index >= 15 is 0 Å². The number of nitrogens with one attached hydrogen (secondary N) is 1. The average Bonchev–Trinajstić information content (AvgIpc) is 3.18. The van der Waals surface area contributed by atoms with Crippen molar-refractivity contribution in [3.05, 3.63) is 48.0 Å². The molecule has 1 amide bonds. The van der Waals surface area contributed by atoms with Crippen molar-refractivity contribution in [2.75, 3.05) is 25.6 Å². The number of amides is 1. The van der Waals surface area contributed by atoms with Crippen LogP contribution in [-0.4, -0.2) is 36.4 Å². The van der Waals surface area contributed by atoms with Crippen LogP contribution in [0.15, 0.2) is 46.9 Å². The van der Waals surface area contributed by atoms with Crippen LogP contribution in [0.3, 0.4) is 0 Å². The fourth-order valence-corrected chi connectivity index (χ4v) is 2.49. The first-order valence-electron chi connectivity index (χ1n) is 8.83. The molecule has 146 valence electrons. The van der Waals surface area contributed by atoms with Crippen LogP contribution in [0.4, 0.5) is 6.01 Å². The lowest BCUT2D eigenvalue weighted by molar-refractivity contribution is 0.102. The fourth-order valence-electron chi connectivity index (χ4n) is 2.49. The Hall–Kier alpha value is -3.55. The van der Waals surface area contributed by atoms with E-state index in [2.05, 4.69) is 15.5 Å². The van der Waals surface area contributed by atoms with Crippen LogP contribution < -0.4 is 19.5 Å². The van der Waals surface area contributed by atoms with E-state index < -0.39 is 0 Å². The summed E-state index contributed by atoms with van der Waals surface area (Å²) in [6.45, 7) is 4.82. The molecule has 0 fully saturated rings. The van der Waals surface area contributed by atoms with E-state index in [0.717, 1.165) is 0 Å². The highest BCUT2D eigenvalue weighted by atomic mass is 16.5. The van der Waals surface area contributed by atoms with Gasteiger partial charge in [0.25, 0.3) is 5.91 Å². The molecule has 0 radical (unpaired) electrons. The van der Waals surface area contributed by atoms with Gasteiger partial charge in [-0.1, -0.05) is 5.10 Å². The SMILES string of the molecule is CCOc1ccc(-c2nnc(NC(=O)c3ccc(OC)cc3)o2)cc1OCC. The van der Waals surface area contributed by atoms with Gasteiger partial charge in [-0.05, 0) is 56.3 Å². The zero-order valence-electron chi connectivity index (χ0n) is 15.9. The number of anilines is 1. The van der Waals surface area contributed by atoms with Gasteiger partial charge < -0.3 is 18.6 Å². The summed E-state index contributed by atoms with van der Waals surface area (Å²) < 4.78 is 21.8.